The van der Waals surface area contributed by atoms with Crippen molar-refractivity contribution >= 4 is 23.4 Å². The summed E-state index contributed by atoms with van der Waals surface area (Å²) in [4.78, 5) is 15.2. The normalized spacial score (nSPS) is 10.5. The number of hydrogen-bond acceptors (Lipinski definition) is 5. The first kappa shape index (κ1) is 13.0. The highest BCUT2D eigenvalue weighted by molar-refractivity contribution is 6.30. The van der Waals surface area contributed by atoms with Crippen molar-refractivity contribution < 1.29 is 9.53 Å². The highest BCUT2D eigenvalue weighted by Crippen LogP contribution is 2.10. The minimum absolute atomic E-state index is 0.122. The Labute approximate surface area is 104 Å². The van der Waals surface area contributed by atoms with Gasteiger partial charge in [0, 0.05) is 12.4 Å². The maximum absolute atomic E-state index is 11.3. The fourth-order valence-corrected chi connectivity index (χ4v) is 1.06. The van der Waals surface area contributed by atoms with Crippen LogP contribution in [0.3, 0.4) is 0 Å². The van der Waals surface area contributed by atoms with Gasteiger partial charge in [-0.15, -0.1) is 0 Å². The molecule has 6 heteroatoms. The van der Waals surface area contributed by atoms with E-state index < -0.39 is 5.97 Å². The Kier molecular flexibility index (Phi) is 4.98. The average Bonchev–Trinajstić information content (AvgIpc) is 2.32. The number of rotatable bonds is 4. The van der Waals surface area contributed by atoms with Gasteiger partial charge in [0.25, 0.3) is 0 Å². The summed E-state index contributed by atoms with van der Waals surface area (Å²) in [5.74, 6) is -0.192. The molecule has 0 fully saturated rings. The van der Waals surface area contributed by atoms with Gasteiger partial charge in [-0.25, -0.2) is 9.78 Å². The van der Waals surface area contributed by atoms with Crippen LogP contribution >= 0.6 is 11.6 Å². The second kappa shape index (κ2) is 6.51. The summed E-state index contributed by atoms with van der Waals surface area (Å²) in [7, 11) is 0. The Morgan fingerprint density at radius 3 is 3.00 bits per heavy atom. The summed E-state index contributed by atoms with van der Waals surface area (Å²) in [6, 6.07) is 5.00. The fourth-order valence-electron chi connectivity index (χ4n) is 0.953. The summed E-state index contributed by atoms with van der Waals surface area (Å²) < 4.78 is 4.69. The smallest absolute Gasteiger partial charge is 0.350 e. The van der Waals surface area contributed by atoms with Gasteiger partial charge in [0.2, 0.25) is 0 Å². The zero-order valence-corrected chi connectivity index (χ0v) is 9.86. The molecule has 1 heterocycles. The van der Waals surface area contributed by atoms with E-state index in [4.69, 9.17) is 21.6 Å². The third kappa shape index (κ3) is 4.13. The number of pyridine rings is 1. The minimum atomic E-state index is -0.670. The topological polar surface area (TPSA) is 75.0 Å². The van der Waals surface area contributed by atoms with Crippen LogP contribution in [0.1, 0.15) is 6.92 Å². The van der Waals surface area contributed by atoms with Crippen LogP contribution in [-0.4, -0.2) is 17.6 Å². The van der Waals surface area contributed by atoms with E-state index in [1.807, 2.05) is 0 Å². The molecule has 1 N–H and O–H groups in total. The molecule has 0 radical (unpaired) electrons. The summed E-state index contributed by atoms with van der Waals surface area (Å²) in [5, 5.41) is 12.0. The molecule has 0 amide bonds. The van der Waals surface area contributed by atoms with Gasteiger partial charge in [-0.3, -0.25) is 0 Å². The van der Waals surface area contributed by atoms with E-state index in [9.17, 15) is 4.79 Å². The van der Waals surface area contributed by atoms with Gasteiger partial charge in [-0.05, 0) is 19.1 Å². The number of esters is 1. The predicted molar refractivity (Wildman–Crippen MR) is 63.2 cm³/mol. The Bertz CT molecular complexity index is 463. The summed E-state index contributed by atoms with van der Waals surface area (Å²) in [6.07, 6.45) is 2.70. The molecule has 1 aromatic heterocycles. The van der Waals surface area contributed by atoms with Gasteiger partial charge in [-0.2, -0.15) is 5.26 Å². The molecule has 0 saturated heterocycles. The lowest BCUT2D eigenvalue weighted by molar-refractivity contribution is -0.138. The number of nitrogens with one attached hydrogen (secondary N) is 1. The lowest BCUT2D eigenvalue weighted by Gasteiger charge is -2.01. The van der Waals surface area contributed by atoms with Crippen molar-refractivity contribution in [2.24, 2.45) is 0 Å². The predicted octanol–water partition coefficient (Wildman–Crippen LogP) is 2.12. The Morgan fingerprint density at radius 2 is 2.47 bits per heavy atom. The van der Waals surface area contributed by atoms with Gasteiger partial charge in [-0.1, -0.05) is 11.6 Å². The highest BCUT2D eigenvalue weighted by atomic mass is 35.5. The van der Waals surface area contributed by atoms with Gasteiger partial charge in [0.05, 0.1) is 11.6 Å². The minimum Gasteiger partial charge on any atom is -0.462 e. The van der Waals surface area contributed by atoms with E-state index in [0.29, 0.717) is 10.8 Å². The number of anilines is 1. The first-order chi connectivity index (χ1) is 8.17. The number of ether oxygens (including phenoxy) is 1. The molecule has 88 valence electrons. The van der Waals surface area contributed by atoms with E-state index in [1.54, 1.807) is 25.1 Å². The Morgan fingerprint density at radius 1 is 1.71 bits per heavy atom. The van der Waals surface area contributed by atoms with Crippen LogP contribution in [0.2, 0.25) is 5.02 Å². The van der Waals surface area contributed by atoms with Crippen LogP contribution in [0.15, 0.2) is 30.1 Å². The third-order valence-corrected chi connectivity index (χ3v) is 1.93. The number of carbonyl (C=O) groups is 1. The quantitative estimate of drug-likeness (QED) is 0.504. The van der Waals surface area contributed by atoms with E-state index in [-0.39, 0.29) is 12.2 Å². The summed E-state index contributed by atoms with van der Waals surface area (Å²) in [6.45, 7) is 1.89. The zero-order chi connectivity index (χ0) is 12.7. The molecule has 1 aromatic rings. The average molecular weight is 252 g/mol. The van der Waals surface area contributed by atoms with E-state index in [1.165, 1.54) is 12.4 Å². The van der Waals surface area contributed by atoms with E-state index >= 15 is 0 Å². The standard InChI is InChI=1S/C11H10ClN3O2/c1-2-17-11(16)8(5-13)6-14-10-4-3-9(12)7-15-10/h3-4,6-7H,2H2,1H3,(H,14,15)/b8-6+. The van der Waals surface area contributed by atoms with Gasteiger partial charge >= 0.3 is 5.97 Å². The zero-order valence-electron chi connectivity index (χ0n) is 9.11. The first-order valence-corrected chi connectivity index (χ1v) is 5.20. The number of aromatic nitrogens is 1. The molecule has 5 nitrogen and oxygen atoms in total. The molecule has 0 unspecified atom stereocenters. The van der Waals surface area contributed by atoms with Crippen LogP contribution in [-0.2, 0) is 9.53 Å². The van der Waals surface area contributed by atoms with Crippen molar-refractivity contribution in [1.82, 2.24) is 4.98 Å². The van der Waals surface area contributed by atoms with Crippen LogP contribution in [0.4, 0.5) is 5.82 Å². The monoisotopic (exact) mass is 251 g/mol. The van der Waals surface area contributed by atoms with Crippen LogP contribution in [0.25, 0.3) is 0 Å². The number of halogens is 1. The van der Waals surface area contributed by atoms with Crippen molar-refractivity contribution in [3.05, 3.63) is 35.1 Å². The van der Waals surface area contributed by atoms with Crippen molar-refractivity contribution in [2.45, 2.75) is 6.92 Å². The number of carbonyl (C=O) groups excluding carboxylic acids is 1. The summed E-state index contributed by atoms with van der Waals surface area (Å²) >= 11 is 5.66. The molecule has 0 aliphatic heterocycles. The van der Waals surface area contributed by atoms with Crippen molar-refractivity contribution in [3.63, 3.8) is 0 Å². The Hall–Kier alpha value is -2.06. The molecule has 17 heavy (non-hydrogen) atoms. The van der Waals surface area contributed by atoms with Crippen molar-refractivity contribution in [2.75, 3.05) is 11.9 Å². The maximum atomic E-state index is 11.3. The fraction of sp³-hybridized carbons (Fsp3) is 0.182. The van der Waals surface area contributed by atoms with Crippen molar-refractivity contribution in [1.29, 1.82) is 5.26 Å². The maximum Gasteiger partial charge on any atom is 0.350 e. The van der Waals surface area contributed by atoms with E-state index in [0.717, 1.165) is 0 Å². The van der Waals surface area contributed by atoms with Gasteiger partial charge < -0.3 is 10.1 Å². The molecule has 0 aliphatic rings. The van der Waals surface area contributed by atoms with Gasteiger partial charge in [0.15, 0.2) is 5.57 Å². The Balaban J connectivity index is 2.71. The molecule has 0 spiro atoms. The van der Waals surface area contributed by atoms with E-state index in [2.05, 4.69) is 10.3 Å². The number of hydrogen-bond donors (Lipinski definition) is 1. The molecule has 0 saturated carbocycles. The molecular formula is C11H10ClN3O2. The van der Waals surface area contributed by atoms with Crippen LogP contribution < -0.4 is 5.32 Å². The molecule has 0 aromatic carbocycles. The third-order valence-electron chi connectivity index (χ3n) is 1.71. The number of nitrogens with zero attached hydrogens (tertiary/aromatic N) is 2. The largest absolute Gasteiger partial charge is 0.462 e. The first-order valence-electron chi connectivity index (χ1n) is 4.83. The molecule has 0 atom stereocenters. The number of nitriles is 1. The molecule has 0 bridgehead atoms. The van der Waals surface area contributed by atoms with Gasteiger partial charge in [0.1, 0.15) is 11.9 Å². The SMILES string of the molecule is CCOC(=O)/C(C#N)=C/Nc1ccc(Cl)cn1. The summed E-state index contributed by atoms with van der Waals surface area (Å²) in [5.41, 5.74) is -0.122. The molecular weight excluding hydrogens is 242 g/mol. The highest BCUT2D eigenvalue weighted by Gasteiger charge is 2.08. The van der Waals surface area contributed by atoms with Crippen LogP contribution in [0, 0.1) is 11.3 Å². The molecule has 1 rings (SSSR count). The molecule has 0 aliphatic carbocycles. The second-order valence-electron chi connectivity index (χ2n) is 2.90. The van der Waals surface area contributed by atoms with Crippen molar-refractivity contribution in [3.8, 4) is 6.07 Å². The van der Waals surface area contributed by atoms with Crippen LogP contribution in [0.5, 0.6) is 0 Å². The lowest BCUT2D eigenvalue weighted by atomic mass is 10.3. The lowest BCUT2D eigenvalue weighted by Crippen LogP contribution is -2.08. The second-order valence-corrected chi connectivity index (χ2v) is 3.33.